The van der Waals surface area contributed by atoms with E-state index in [0.717, 1.165) is 26.1 Å². The topological polar surface area (TPSA) is 29.3 Å². The van der Waals surface area contributed by atoms with Crippen molar-refractivity contribution in [2.75, 3.05) is 19.6 Å². The molecule has 2 unspecified atom stereocenters. The van der Waals surface area contributed by atoms with Gasteiger partial charge in [-0.15, -0.1) is 12.4 Å². The molecule has 1 fully saturated rings. The highest BCUT2D eigenvalue weighted by atomic mass is 35.5. The van der Waals surface area contributed by atoms with Gasteiger partial charge >= 0.3 is 0 Å². The molecule has 1 aliphatic heterocycles. The van der Waals surface area contributed by atoms with E-state index in [4.69, 9.17) is 5.73 Å². The lowest BCUT2D eigenvalue weighted by Gasteiger charge is -2.38. The first-order valence-electron chi connectivity index (χ1n) is 6.94. The quantitative estimate of drug-likeness (QED) is 0.919. The molecule has 1 aromatic rings. The molecule has 4 heteroatoms. The van der Waals surface area contributed by atoms with Crippen LogP contribution < -0.4 is 5.73 Å². The predicted octanol–water partition coefficient (Wildman–Crippen LogP) is 3.37. The number of piperidine rings is 1. The van der Waals surface area contributed by atoms with Gasteiger partial charge in [0.2, 0.25) is 0 Å². The predicted molar refractivity (Wildman–Crippen MR) is 80.0 cm³/mol. The fraction of sp³-hybridized carbons (Fsp3) is 0.600. The molecule has 0 bridgehead atoms. The zero-order valence-corrected chi connectivity index (χ0v) is 12.3. The van der Waals surface area contributed by atoms with Crippen LogP contribution in [0.1, 0.15) is 37.8 Å². The van der Waals surface area contributed by atoms with Gasteiger partial charge in [0, 0.05) is 12.6 Å². The summed E-state index contributed by atoms with van der Waals surface area (Å²) in [5.41, 5.74) is 7.01. The molecule has 2 atom stereocenters. The number of benzene rings is 1. The molecule has 108 valence electrons. The van der Waals surface area contributed by atoms with Gasteiger partial charge in [0.1, 0.15) is 5.82 Å². The second kappa shape index (κ2) is 7.83. The molecule has 1 saturated heterocycles. The van der Waals surface area contributed by atoms with E-state index < -0.39 is 0 Å². The van der Waals surface area contributed by atoms with E-state index in [0.29, 0.717) is 12.0 Å². The number of hydrogen-bond donors (Lipinski definition) is 1. The summed E-state index contributed by atoms with van der Waals surface area (Å²) in [6, 6.07) is 7.34. The van der Waals surface area contributed by atoms with Crippen LogP contribution in [0.4, 0.5) is 4.39 Å². The van der Waals surface area contributed by atoms with Gasteiger partial charge in [0.25, 0.3) is 0 Å². The normalized spacial score (nSPS) is 21.7. The molecule has 0 aromatic heterocycles. The Morgan fingerprint density at radius 3 is 2.63 bits per heavy atom. The van der Waals surface area contributed by atoms with Crippen molar-refractivity contribution >= 4 is 12.4 Å². The Labute approximate surface area is 121 Å². The number of nitrogens with two attached hydrogens (primary N) is 1. The standard InChI is InChI=1S/C15H23FN2.ClH/c1-2-15(13-5-7-14(16)8-6-13)18-9-3-4-12(10-17)11-18;/h5-8,12,15H,2-4,9-11,17H2,1H3;1H. The van der Waals surface area contributed by atoms with Gasteiger partial charge in [0.15, 0.2) is 0 Å². The van der Waals surface area contributed by atoms with E-state index in [-0.39, 0.29) is 18.2 Å². The molecular formula is C15H24ClFN2. The van der Waals surface area contributed by atoms with Gasteiger partial charge in [-0.1, -0.05) is 19.1 Å². The zero-order chi connectivity index (χ0) is 13.0. The van der Waals surface area contributed by atoms with Crippen molar-refractivity contribution < 1.29 is 4.39 Å². The minimum absolute atomic E-state index is 0. The molecule has 1 aromatic carbocycles. The Morgan fingerprint density at radius 2 is 2.05 bits per heavy atom. The third-order valence-electron chi connectivity index (χ3n) is 3.97. The average molecular weight is 287 g/mol. The van der Waals surface area contributed by atoms with E-state index in [1.54, 1.807) is 12.1 Å². The van der Waals surface area contributed by atoms with Crippen LogP contribution >= 0.6 is 12.4 Å². The molecule has 2 rings (SSSR count). The highest BCUT2D eigenvalue weighted by Crippen LogP contribution is 2.29. The highest BCUT2D eigenvalue weighted by molar-refractivity contribution is 5.85. The summed E-state index contributed by atoms with van der Waals surface area (Å²) in [7, 11) is 0. The zero-order valence-electron chi connectivity index (χ0n) is 11.5. The van der Waals surface area contributed by atoms with Crippen LogP contribution in [0.5, 0.6) is 0 Å². The van der Waals surface area contributed by atoms with E-state index in [1.807, 2.05) is 12.1 Å². The van der Waals surface area contributed by atoms with Gasteiger partial charge in [-0.3, -0.25) is 4.90 Å². The summed E-state index contributed by atoms with van der Waals surface area (Å²) in [5, 5.41) is 0. The summed E-state index contributed by atoms with van der Waals surface area (Å²) in [6.45, 7) is 5.18. The van der Waals surface area contributed by atoms with Crippen molar-refractivity contribution in [3.63, 3.8) is 0 Å². The lowest BCUT2D eigenvalue weighted by atomic mass is 9.94. The summed E-state index contributed by atoms with van der Waals surface area (Å²) < 4.78 is 13.0. The Balaban J connectivity index is 0.00000180. The van der Waals surface area contributed by atoms with E-state index >= 15 is 0 Å². The third kappa shape index (κ3) is 4.16. The van der Waals surface area contributed by atoms with Crippen molar-refractivity contribution in [1.82, 2.24) is 4.90 Å². The minimum Gasteiger partial charge on any atom is -0.330 e. The molecule has 19 heavy (non-hydrogen) atoms. The van der Waals surface area contributed by atoms with Crippen LogP contribution in [0.3, 0.4) is 0 Å². The molecule has 0 amide bonds. The van der Waals surface area contributed by atoms with Crippen molar-refractivity contribution in [1.29, 1.82) is 0 Å². The van der Waals surface area contributed by atoms with Gasteiger partial charge < -0.3 is 5.73 Å². The molecule has 0 aliphatic carbocycles. The first-order valence-corrected chi connectivity index (χ1v) is 6.94. The molecule has 2 nitrogen and oxygen atoms in total. The fourth-order valence-corrected chi connectivity index (χ4v) is 2.96. The van der Waals surface area contributed by atoms with Crippen molar-refractivity contribution in [3.8, 4) is 0 Å². The van der Waals surface area contributed by atoms with Gasteiger partial charge in [-0.05, 0) is 56.0 Å². The average Bonchev–Trinajstić information content (AvgIpc) is 2.42. The number of likely N-dealkylation sites (tertiary alicyclic amines) is 1. The fourth-order valence-electron chi connectivity index (χ4n) is 2.96. The Morgan fingerprint density at radius 1 is 1.37 bits per heavy atom. The maximum atomic E-state index is 13.0. The molecule has 2 N–H and O–H groups in total. The number of hydrogen-bond acceptors (Lipinski definition) is 2. The van der Waals surface area contributed by atoms with Crippen molar-refractivity contribution in [3.05, 3.63) is 35.6 Å². The largest absolute Gasteiger partial charge is 0.330 e. The van der Waals surface area contributed by atoms with Crippen LogP contribution in [-0.2, 0) is 0 Å². The lowest BCUT2D eigenvalue weighted by molar-refractivity contribution is 0.122. The third-order valence-corrected chi connectivity index (χ3v) is 3.97. The van der Waals surface area contributed by atoms with Gasteiger partial charge in [0.05, 0.1) is 0 Å². The van der Waals surface area contributed by atoms with E-state index in [2.05, 4.69) is 11.8 Å². The van der Waals surface area contributed by atoms with Crippen LogP contribution in [0.25, 0.3) is 0 Å². The molecule has 1 heterocycles. The Bertz CT molecular complexity index is 369. The number of rotatable bonds is 4. The Hall–Kier alpha value is -0.640. The molecule has 0 spiro atoms. The minimum atomic E-state index is -0.160. The van der Waals surface area contributed by atoms with E-state index in [1.165, 1.54) is 18.4 Å². The first-order chi connectivity index (χ1) is 8.74. The highest BCUT2D eigenvalue weighted by Gasteiger charge is 2.25. The van der Waals surface area contributed by atoms with Crippen LogP contribution in [0.2, 0.25) is 0 Å². The van der Waals surface area contributed by atoms with Gasteiger partial charge in [-0.2, -0.15) is 0 Å². The summed E-state index contributed by atoms with van der Waals surface area (Å²) in [4.78, 5) is 2.51. The van der Waals surface area contributed by atoms with E-state index in [9.17, 15) is 4.39 Å². The second-order valence-electron chi connectivity index (χ2n) is 5.21. The molecule has 1 aliphatic rings. The smallest absolute Gasteiger partial charge is 0.123 e. The SMILES string of the molecule is CCC(c1ccc(F)cc1)N1CCCC(CN)C1.Cl. The summed E-state index contributed by atoms with van der Waals surface area (Å²) in [5.74, 6) is 0.459. The first kappa shape index (κ1) is 16.4. The number of halogens is 2. The maximum absolute atomic E-state index is 13.0. The Kier molecular flexibility index (Phi) is 6.76. The molecule has 0 saturated carbocycles. The summed E-state index contributed by atoms with van der Waals surface area (Å²) >= 11 is 0. The number of nitrogens with zero attached hydrogens (tertiary/aromatic N) is 1. The van der Waals surface area contributed by atoms with Crippen LogP contribution in [0.15, 0.2) is 24.3 Å². The van der Waals surface area contributed by atoms with Crippen molar-refractivity contribution in [2.45, 2.75) is 32.2 Å². The second-order valence-corrected chi connectivity index (χ2v) is 5.21. The lowest BCUT2D eigenvalue weighted by Crippen LogP contribution is -2.40. The molecular weight excluding hydrogens is 263 g/mol. The van der Waals surface area contributed by atoms with Gasteiger partial charge in [-0.25, -0.2) is 4.39 Å². The van der Waals surface area contributed by atoms with Crippen LogP contribution in [0, 0.1) is 11.7 Å². The molecule has 0 radical (unpaired) electrons. The van der Waals surface area contributed by atoms with Crippen molar-refractivity contribution in [2.24, 2.45) is 11.7 Å². The summed E-state index contributed by atoms with van der Waals surface area (Å²) in [6.07, 6.45) is 3.52. The monoisotopic (exact) mass is 286 g/mol. The maximum Gasteiger partial charge on any atom is 0.123 e. The van der Waals surface area contributed by atoms with Crippen LogP contribution in [-0.4, -0.2) is 24.5 Å².